The number of aromatic nitrogens is 1. The largest absolute Gasteiger partial charge is 0.341 e. The zero-order valence-corrected chi connectivity index (χ0v) is 13.0. The maximum Gasteiger partial charge on any atom is 0.319 e. The van der Waals surface area contributed by atoms with Crippen LogP contribution in [0.3, 0.4) is 0 Å². The van der Waals surface area contributed by atoms with Crippen molar-refractivity contribution in [3.63, 3.8) is 0 Å². The van der Waals surface area contributed by atoms with Gasteiger partial charge < -0.3 is 5.32 Å². The fourth-order valence-electron chi connectivity index (χ4n) is 1.10. The highest BCUT2D eigenvalue weighted by Gasteiger charge is 2.01. The fourth-order valence-corrected chi connectivity index (χ4v) is 1.97. The minimum atomic E-state index is -0.343. The lowest BCUT2D eigenvalue weighted by molar-refractivity contribution is 0.247. The number of hydrogen-bond acceptors (Lipinski definition) is 4. The minimum Gasteiger partial charge on any atom is -0.341 e. The first kappa shape index (κ1) is 20.3. The Kier molecular flexibility index (Phi) is 12.9. The van der Waals surface area contributed by atoms with E-state index in [1.54, 1.807) is 18.0 Å². The van der Waals surface area contributed by atoms with Crippen LogP contribution in [0.2, 0.25) is 0 Å². The van der Waals surface area contributed by atoms with Gasteiger partial charge in [0.05, 0.1) is 5.69 Å². The molecule has 0 fully saturated rings. The van der Waals surface area contributed by atoms with Gasteiger partial charge in [-0.05, 0) is 12.1 Å². The number of urea groups is 1. The first-order chi connectivity index (χ1) is 8.22. The molecule has 3 N–H and O–H groups in total. The van der Waals surface area contributed by atoms with E-state index in [0.29, 0.717) is 6.42 Å². The predicted molar refractivity (Wildman–Crippen MR) is 84.8 cm³/mol. The van der Waals surface area contributed by atoms with E-state index in [1.165, 1.54) is 7.05 Å². The van der Waals surface area contributed by atoms with Crippen molar-refractivity contribution in [2.75, 3.05) is 12.8 Å². The second-order valence-corrected chi connectivity index (χ2v) is 4.41. The number of amides is 2. The molecule has 0 radical (unpaired) electrons. The lowest BCUT2D eigenvalue weighted by Gasteiger charge is -2.05. The highest BCUT2D eigenvalue weighted by molar-refractivity contribution is 7.98. The Morgan fingerprint density at radius 2 is 2.16 bits per heavy atom. The summed E-state index contributed by atoms with van der Waals surface area (Å²) >= 11 is 1.69. The molecule has 1 rings (SSSR count). The van der Waals surface area contributed by atoms with Crippen molar-refractivity contribution in [3.05, 3.63) is 30.1 Å². The topological polar surface area (TPSA) is 77.9 Å². The number of rotatable bonds is 5. The molecule has 1 aromatic heterocycles. The van der Waals surface area contributed by atoms with Gasteiger partial charge in [-0.15, -0.1) is 24.8 Å². The van der Waals surface area contributed by atoms with E-state index in [0.717, 1.165) is 17.2 Å². The second kappa shape index (κ2) is 12.1. The van der Waals surface area contributed by atoms with Crippen molar-refractivity contribution >= 4 is 48.4 Å². The third-order valence-electron chi connectivity index (χ3n) is 1.96. The molecule has 19 heavy (non-hydrogen) atoms. The lowest BCUT2D eigenvalue weighted by Crippen LogP contribution is -2.37. The molecule has 0 aromatic carbocycles. The van der Waals surface area contributed by atoms with E-state index in [4.69, 9.17) is 5.41 Å². The molecule has 0 spiro atoms. The van der Waals surface area contributed by atoms with Crippen LogP contribution in [0.1, 0.15) is 12.1 Å². The number of pyridine rings is 1. The van der Waals surface area contributed by atoms with Crippen LogP contribution in [0.25, 0.3) is 0 Å². The van der Waals surface area contributed by atoms with Gasteiger partial charge in [0.2, 0.25) is 0 Å². The summed E-state index contributed by atoms with van der Waals surface area (Å²) in [5.41, 5.74) is 1.03. The summed E-state index contributed by atoms with van der Waals surface area (Å²) in [5, 5.41) is 12.3. The number of thioether (sulfide) groups is 1. The van der Waals surface area contributed by atoms with Crippen LogP contribution in [0.4, 0.5) is 4.79 Å². The molecule has 0 atom stereocenters. The molecule has 0 unspecified atom stereocenters. The Hall–Kier alpha value is -0.980. The van der Waals surface area contributed by atoms with Gasteiger partial charge in [-0.1, -0.05) is 6.07 Å². The summed E-state index contributed by atoms with van der Waals surface area (Å²) in [6.45, 7) is 0. The molecule has 2 amide bonds. The van der Waals surface area contributed by atoms with Crippen LogP contribution in [0.15, 0.2) is 24.4 Å². The van der Waals surface area contributed by atoms with E-state index in [2.05, 4.69) is 15.6 Å². The van der Waals surface area contributed by atoms with E-state index < -0.39 is 0 Å². The molecule has 108 valence electrons. The SMILES string of the molecule is CNC(=O)NC(=N)CCSCc1ccccn1.Cl.Cl. The standard InChI is InChI=1S/C11H16N4OS.2ClH/c1-13-11(16)15-10(12)5-7-17-8-9-4-2-3-6-14-9;;/h2-4,6H,5,7-8H2,1H3,(H3,12,13,15,16);2*1H. The van der Waals surface area contributed by atoms with Crippen molar-refractivity contribution < 1.29 is 4.79 Å². The van der Waals surface area contributed by atoms with Crippen LogP contribution in [0.5, 0.6) is 0 Å². The smallest absolute Gasteiger partial charge is 0.319 e. The quantitative estimate of drug-likeness (QED) is 0.442. The van der Waals surface area contributed by atoms with Crippen LogP contribution < -0.4 is 10.6 Å². The van der Waals surface area contributed by atoms with Gasteiger partial charge in [0.25, 0.3) is 0 Å². The molecule has 0 bridgehead atoms. The van der Waals surface area contributed by atoms with Gasteiger partial charge in [0.15, 0.2) is 0 Å². The van der Waals surface area contributed by atoms with Crippen LogP contribution >= 0.6 is 36.6 Å². The maximum atomic E-state index is 10.9. The average Bonchev–Trinajstić information content (AvgIpc) is 2.36. The van der Waals surface area contributed by atoms with Gasteiger partial charge in [-0.25, -0.2) is 4.79 Å². The molecule has 0 saturated heterocycles. The highest BCUT2D eigenvalue weighted by atomic mass is 35.5. The number of carbonyl (C=O) groups is 1. The molecule has 8 heteroatoms. The summed E-state index contributed by atoms with van der Waals surface area (Å²) in [5.74, 6) is 1.85. The summed E-state index contributed by atoms with van der Waals surface area (Å²) < 4.78 is 0. The van der Waals surface area contributed by atoms with Crippen molar-refractivity contribution in [1.29, 1.82) is 5.41 Å². The lowest BCUT2D eigenvalue weighted by atomic mass is 10.4. The van der Waals surface area contributed by atoms with Crippen LogP contribution in [-0.4, -0.2) is 29.7 Å². The third kappa shape index (κ3) is 9.58. The molecule has 0 aliphatic heterocycles. The van der Waals surface area contributed by atoms with E-state index in [9.17, 15) is 4.79 Å². The van der Waals surface area contributed by atoms with Gasteiger partial charge in [0, 0.05) is 31.2 Å². The molecule has 0 aliphatic rings. The molecule has 1 aromatic rings. The first-order valence-electron chi connectivity index (χ1n) is 5.26. The number of halogens is 2. The second-order valence-electron chi connectivity index (χ2n) is 3.31. The Balaban J connectivity index is 0. The van der Waals surface area contributed by atoms with Gasteiger partial charge in [-0.2, -0.15) is 11.8 Å². The monoisotopic (exact) mass is 324 g/mol. The van der Waals surface area contributed by atoms with E-state index in [-0.39, 0.29) is 36.7 Å². The zero-order chi connectivity index (χ0) is 12.5. The number of amidine groups is 1. The average molecular weight is 325 g/mol. The number of carbonyl (C=O) groups excluding carboxylic acids is 1. The minimum absolute atomic E-state index is 0. The third-order valence-corrected chi connectivity index (χ3v) is 2.96. The van der Waals surface area contributed by atoms with Crippen LogP contribution in [0, 0.1) is 5.41 Å². The normalized spacial score (nSPS) is 8.68. The summed E-state index contributed by atoms with van der Waals surface area (Å²) in [6, 6.07) is 5.47. The summed E-state index contributed by atoms with van der Waals surface area (Å²) in [4.78, 5) is 15.1. The molecular weight excluding hydrogens is 307 g/mol. The van der Waals surface area contributed by atoms with Gasteiger partial charge >= 0.3 is 6.03 Å². The van der Waals surface area contributed by atoms with E-state index >= 15 is 0 Å². The molecular formula is C11H18Cl2N4OS. The predicted octanol–water partition coefficient (Wildman–Crippen LogP) is 2.45. The van der Waals surface area contributed by atoms with E-state index in [1.807, 2.05) is 18.2 Å². The Morgan fingerprint density at radius 3 is 2.74 bits per heavy atom. The molecule has 1 heterocycles. The first-order valence-corrected chi connectivity index (χ1v) is 6.41. The van der Waals surface area contributed by atoms with Gasteiger partial charge in [0.1, 0.15) is 5.84 Å². The Morgan fingerprint density at radius 1 is 1.42 bits per heavy atom. The Bertz CT molecular complexity index is 378. The van der Waals surface area contributed by atoms with Crippen molar-refractivity contribution in [2.24, 2.45) is 0 Å². The number of hydrogen-bond donors (Lipinski definition) is 3. The molecule has 0 aliphatic carbocycles. The fraction of sp³-hybridized carbons (Fsp3) is 0.364. The Labute approximate surface area is 129 Å². The highest BCUT2D eigenvalue weighted by Crippen LogP contribution is 2.10. The molecule has 0 saturated carbocycles. The summed E-state index contributed by atoms with van der Waals surface area (Å²) in [7, 11) is 1.53. The maximum absolute atomic E-state index is 10.9. The summed E-state index contributed by atoms with van der Waals surface area (Å²) in [6.07, 6.45) is 2.32. The number of nitrogens with zero attached hydrogens (tertiary/aromatic N) is 1. The van der Waals surface area contributed by atoms with Gasteiger partial charge in [-0.3, -0.25) is 15.7 Å². The van der Waals surface area contributed by atoms with Crippen LogP contribution in [-0.2, 0) is 5.75 Å². The zero-order valence-electron chi connectivity index (χ0n) is 10.5. The van der Waals surface area contributed by atoms with Crippen molar-refractivity contribution in [3.8, 4) is 0 Å². The number of nitrogens with one attached hydrogen (secondary N) is 3. The molecule has 5 nitrogen and oxygen atoms in total. The van der Waals surface area contributed by atoms with Crippen molar-refractivity contribution in [1.82, 2.24) is 15.6 Å². The van der Waals surface area contributed by atoms with Crippen molar-refractivity contribution in [2.45, 2.75) is 12.2 Å².